The topological polar surface area (TPSA) is 84.0 Å². The van der Waals surface area contributed by atoms with E-state index < -0.39 is 0 Å². The summed E-state index contributed by atoms with van der Waals surface area (Å²) in [7, 11) is 0. The second-order valence-electron chi connectivity index (χ2n) is 6.43. The molecule has 1 amide bonds. The lowest BCUT2D eigenvalue weighted by molar-refractivity contribution is -0.114. The molecule has 6 nitrogen and oxygen atoms in total. The number of anilines is 3. The van der Waals surface area contributed by atoms with Crippen molar-refractivity contribution in [1.82, 2.24) is 10.2 Å². The second-order valence-corrected chi connectivity index (χ2v) is 9.00. The largest absolute Gasteiger partial charge is 0.330 e. The van der Waals surface area contributed by atoms with Gasteiger partial charge in [-0.2, -0.15) is 0 Å². The minimum Gasteiger partial charge on any atom is -0.330 e. The predicted molar refractivity (Wildman–Crippen MR) is 119 cm³/mol. The van der Waals surface area contributed by atoms with Crippen molar-refractivity contribution in [3.8, 4) is 0 Å². The zero-order valence-corrected chi connectivity index (χ0v) is 18.1. The third kappa shape index (κ3) is 5.88. The van der Waals surface area contributed by atoms with Crippen LogP contribution in [0.1, 0.15) is 36.7 Å². The Balaban J connectivity index is 1.62. The van der Waals surface area contributed by atoms with Crippen LogP contribution in [0.15, 0.2) is 52.9 Å². The molecule has 2 N–H and O–H groups in total. The van der Waals surface area contributed by atoms with Crippen molar-refractivity contribution in [2.45, 2.75) is 36.8 Å². The molecule has 0 aliphatic carbocycles. The fraction of sp³-hybridized carbons (Fsp3) is 0.238. The molecule has 0 spiro atoms. The van der Waals surface area contributed by atoms with Crippen molar-refractivity contribution in [2.75, 3.05) is 10.6 Å². The van der Waals surface area contributed by atoms with Gasteiger partial charge in [0.25, 0.3) is 0 Å². The molecule has 1 heterocycles. The van der Waals surface area contributed by atoms with Crippen LogP contribution in [-0.4, -0.2) is 27.1 Å². The van der Waals surface area contributed by atoms with Crippen molar-refractivity contribution >= 4 is 51.3 Å². The lowest BCUT2D eigenvalue weighted by atomic mass is 10.1. The fourth-order valence-electron chi connectivity index (χ4n) is 2.65. The van der Waals surface area contributed by atoms with Crippen LogP contribution in [0.3, 0.4) is 0 Å². The number of benzene rings is 2. The highest BCUT2D eigenvalue weighted by molar-refractivity contribution is 8.02. The molecule has 3 rings (SSSR count). The van der Waals surface area contributed by atoms with Crippen molar-refractivity contribution in [2.24, 2.45) is 0 Å². The Morgan fingerprint density at radius 1 is 1.10 bits per heavy atom. The van der Waals surface area contributed by atoms with Crippen LogP contribution in [0.2, 0.25) is 0 Å². The van der Waals surface area contributed by atoms with Crippen molar-refractivity contribution < 1.29 is 9.59 Å². The summed E-state index contributed by atoms with van der Waals surface area (Å²) < 4.78 is 0.719. The number of Topliss-reactive ketones (excluding diaryl/α,β-unsaturated/α-hetero) is 1. The Kier molecular flexibility index (Phi) is 7.00. The molecule has 0 aliphatic rings. The van der Waals surface area contributed by atoms with Crippen molar-refractivity contribution in [3.05, 3.63) is 59.7 Å². The van der Waals surface area contributed by atoms with Gasteiger partial charge in [-0.05, 0) is 37.1 Å². The van der Waals surface area contributed by atoms with Gasteiger partial charge < -0.3 is 10.6 Å². The number of nitrogens with one attached hydrogen (secondary N) is 2. The number of aromatic nitrogens is 2. The van der Waals surface area contributed by atoms with E-state index in [0.717, 1.165) is 16.4 Å². The van der Waals surface area contributed by atoms with Crippen LogP contribution >= 0.6 is 23.1 Å². The van der Waals surface area contributed by atoms with E-state index in [-0.39, 0.29) is 16.9 Å². The summed E-state index contributed by atoms with van der Waals surface area (Å²) in [5, 5.41) is 14.6. The summed E-state index contributed by atoms with van der Waals surface area (Å²) >= 11 is 2.78. The minimum absolute atomic E-state index is 0.0744. The maximum Gasteiger partial charge on any atom is 0.221 e. The summed E-state index contributed by atoms with van der Waals surface area (Å²) in [6.45, 7) is 5.44. The Bertz CT molecular complexity index is 1000. The van der Waals surface area contributed by atoms with Gasteiger partial charge in [0.15, 0.2) is 10.1 Å². The highest BCUT2D eigenvalue weighted by Gasteiger charge is 2.19. The summed E-state index contributed by atoms with van der Waals surface area (Å²) in [5.41, 5.74) is 3.42. The molecule has 0 aliphatic heterocycles. The molecule has 0 saturated carbocycles. The van der Waals surface area contributed by atoms with Gasteiger partial charge in [-0.3, -0.25) is 9.59 Å². The van der Waals surface area contributed by atoms with Crippen LogP contribution in [0.5, 0.6) is 0 Å². The molecule has 2 aromatic carbocycles. The van der Waals surface area contributed by atoms with E-state index in [9.17, 15) is 9.59 Å². The first kappa shape index (κ1) is 21.0. The second kappa shape index (κ2) is 9.67. The molecular weight excluding hydrogens is 404 g/mol. The summed E-state index contributed by atoms with van der Waals surface area (Å²) in [6, 6.07) is 15.1. The predicted octanol–water partition coefficient (Wildman–Crippen LogP) is 5.17. The van der Waals surface area contributed by atoms with Gasteiger partial charge in [0.2, 0.25) is 11.0 Å². The standard InChI is InChI=1S/C21H22N4O2S2/c1-4-15-8-10-16(11-9-15)19(27)13(2)28-21-25-24-20(29-21)23-18-7-5-6-17(12-18)22-14(3)26/h5-13H,4H2,1-3H3,(H,22,26)(H,23,24). The number of nitrogens with zero attached hydrogens (tertiary/aromatic N) is 2. The normalized spacial score (nSPS) is 11.7. The molecule has 150 valence electrons. The molecule has 1 unspecified atom stereocenters. The maximum absolute atomic E-state index is 12.7. The van der Waals surface area contributed by atoms with E-state index in [1.54, 1.807) is 0 Å². The average Bonchev–Trinajstić information content (AvgIpc) is 3.14. The van der Waals surface area contributed by atoms with Crippen LogP contribution in [0.25, 0.3) is 0 Å². The number of ketones is 1. The quantitative estimate of drug-likeness (QED) is 0.382. The number of hydrogen-bond donors (Lipinski definition) is 2. The Morgan fingerprint density at radius 2 is 1.83 bits per heavy atom. The zero-order chi connectivity index (χ0) is 20.8. The van der Waals surface area contributed by atoms with Gasteiger partial charge in [0, 0.05) is 23.9 Å². The number of hydrogen-bond acceptors (Lipinski definition) is 7. The zero-order valence-electron chi connectivity index (χ0n) is 16.4. The average molecular weight is 427 g/mol. The molecular formula is C21H22N4O2S2. The number of carbonyl (C=O) groups excluding carboxylic acids is 2. The smallest absolute Gasteiger partial charge is 0.221 e. The SMILES string of the molecule is CCc1ccc(C(=O)C(C)Sc2nnc(Nc3cccc(NC(C)=O)c3)s2)cc1. The number of rotatable bonds is 8. The lowest BCUT2D eigenvalue weighted by Gasteiger charge is -2.08. The summed E-state index contributed by atoms with van der Waals surface area (Å²) in [6.07, 6.45) is 0.951. The van der Waals surface area contributed by atoms with Crippen molar-refractivity contribution in [1.29, 1.82) is 0 Å². The highest BCUT2D eigenvalue weighted by Crippen LogP contribution is 2.32. The first-order valence-corrected chi connectivity index (χ1v) is 10.9. The number of carbonyl (C=O) groups is 2. The van der Waals surface area contributed by atoms with E-state index in [1.165, 1.54) is 35.6 Å². The van der Waals surface area contributed by atoms with Gasteiger partial charge >= 0.3 is 0 Å². The lowest BCUT2D eigenvalue weighted by Crippen LogP contribution is -2.13. The molecule has 8 heteroatoms. The first-order chi connectivity index (χ1) is 13.9. The van der Waals surface area contributed by atoms with Gasteiger partial charge in [0.05, 0.1) is 5.25 Å². The molecule has 3 aromatic rings. The van der Waals surface area contributed by atoms with Gasteiger partial charge in [-0.1, -0.05) is 60.4 Å². The molecule has 0 radical (unpaired) electrons. The Labute approximate surface area is 178 Å². The van der Waals surface area contributed by atoms with Crippen LogP contribution in [0.4, 0.5) is 16.5 Å². The van der Waals surface area contributed by atoms with E-state index in [0.29, 0.717) is 16.4 Å². The van der Waals surface area contributed by atoms with Gasteiger partial charge in [-0.15, -0.1) is 10.2 Å². The number of thioether (sulfide) groups is 1. The molecule has 0 fully saturated rings. The molecule has 1 aromatic heterocycles. The molecule has 29 heavy (non-hydrogen) atoms. The third-order valence-corrected chi connectivity index (χ3v) is 6.16. The Hall–Kier alpha value is -2.71. The van der Waals surface area contributed by atoms with E-state index in [4.69, 9.17) is 0 Å². The maximum atomic E-state index is 12.7. The van der Waals surface area contributed by atoms with Crippen molar-refractivity contribution in [3.63, 3.8) is 0 Å². The van der Waals surface area contributed by atoms with Gasteiger partial charge in [0.1, 0.15) is 0 Å². The van der Waals surface area contributed by atoms with Crippen LogP contribution < -0.4 is 10.6 Å². The van der Waals surface area contributed by atoms with Gasteiger partial charge in [-0.25, -0.2) is 0 Å². The third-order valence-electron chi connectivity index (χ3n) is 4.13. The van der Waals surface area contributed by atoms with E-state index in [2.05, 4.69) is 27.8 Å². The summed E-state index contributed by atoms with van der Waals surface area (Å²) in [5.74, 6) is -0.0508. The number of aryl methyl sites for hydroxylation is 1. The van der Waals surface area contributed by atoms with E-state index >= 15 is 0 Å². The molecule has 0 bridgehead atoms. The Morgan fingerprint density at radius 3 is 2.52 bits per heavy atom. The van der Waals surface area contributed by atoms with Crippen LogP contribution in [0, 0.1) is 0 Å². The summed E-state index contributed by atoms with van der Waals surface area (Å²) in [4.78, 5) is 23.9. The molecule has 1 atom stereocenters. The first-order valence-electron chi connectivity index (χ1n) is 9.22. The van der Waals surface area contributed by atoms with Crippen LogP contribution in [-0.2, 0) is 11.2 Å². The molecule has 0 saturated heterocycles. The monoisotopic (exact) mass is 426 g/mol. The highest BCUT2D eigenvalue weighted by atomic mass is 32.2. The number of amides is 1. The fourth-order valence-corrected chi connectivity index (χ4v) is 4.65. The van der Waals surface area contributed by atoms with E-state index in [1.807, 2.05) is 55.5 Å². The minimum atomic E-state index is -0.258.